The van der Waals surface area contributed by atoms with Gasteiger partial charge in [-0.15, -0.1) is 12.4 Å². The van der Waals surface area contributed by atoms with Crippen molar-refractivity contribution in [3.63, 3.8) is 0 Å². The first-order chi connectivity index (χ1) is 6.95. The van der Waals surface area contributed by atoms with Gasteiger partial charge in [-0.3, -0.25) is 0 Å². The number of hydrogen-bond donors (Lipinski definition) is 0. The normalized spacial score (nSPS) is 8.75. The van der Waals surface area contributed by atoms with Gasteiger partial charge >= 0.3 is 0 Å². The molecule has 0 aliphatic rings. The smallest absolute Gasteiger partial charge is 0.147 e. The lowest BCUT2D eigenvalue weighted by Gasteiger charge is -2.01. The maximum atomic E-state index is 2.18. The van der Waals surface area contributed by atoms with E-state index in [-0.39, 0.29) is 29.8 Å². The molecule has 0 radical (unpaired) electrons. The zero-order valence-corrected chi connectivity index (χ0v) is 9.41. The van der Waals surface area contributed by atoms with Crippen molar-refractivity contribution in [3.05, 3.63) is 71.8 Å². The topological polar surface area (TPSA) is 0 Å². The molecule has 0 N–H and O–H groups in total. The summed E-state index contributed by atoms with van der Waals surface area (Å²) in [5.41, 5.74) is 2.83. The number of hydrogen-bond acceptors (Lipinski definition) is 0. The van der Waals surface area contributed by atoms with Crippen molar-refractivity contribution >= 4 is 29.8 Å². The number of halogens is 1. The Morgan fingerprint density at radius 3 is 1.19 bits per heavy atom. The highest BCUT2D eigenvalue weighted by Gasteiger charge is 1.93. The van der Waals surface area contributed by atoms with Gasteiger partial charge in [-0.2, -0.15) is 0 Å². The van der Waals surface area contributed by atoms with E-state index in [0.29, 0.717) is 0 Å². The minimum absolute atomic E-state index is 0. The number of rotatable bonds is 3. The average molecular weight is 249 g/mol. The lowest BCUT2D eigenvalue weighted by Crippen LogP contribution is -1.89. The predicted octanol–water partition coefficient (Wildman–Crippen LogP) is 2.71. The van der Waals surface area contributed by atoms with Crippen LogP contribution >= 0.6 is 12.4 Å². The summed E-state index contributed by atoms with van der Waals surface area (Å²) in [5, 5.41) is 0. The van der Waals surface area contributed by atoms with Gasteiger partial charge in [0.2, 0.25) is 0 Å². The lowest BCUT2D eigenvalue weighted by atomic mass is 10.0. The van der Waals surface area contributed by atoms with E-state index in [1.165, 1.54) is 11.1 Å². The van der Waals surface area contributed by atoms with Gasteiger partial charge in [-0.05, 0) is 24.0 Å². The molecular weight excluding hydrogens is 231 g/mol. The highest BCUT2D eigenvalue weighted by atomic mass is 35.5. The monoisotopic (exact) mass is 248 g/mol. The Balaban J connectivity index is 0.00000112. The molecule has 0 spiro atoms. The van der Waals surface area contributed by atoms with Crippen LogP contribution in [0.3, 0.4) is 0 Å². The molecule has 0 amide bonds. The van der Waals surface area contributed by atoms with Crippen LogP contribution < -0.4 is 0 Å². The minimum Gasteiger partial charge on any atom is -0.147 e. The summed E-state index contributed by atoms with van der Waals surface area (Å²) in [7, 11) is 0. The van der Waals surface area contributed by atoms with E-state index in [4.69, 9.17) is 0 Å². The zero-order valence-electron chi connectivity index (χ0n) is 8.60. The molecular formula is C14H18AlCl. The van der Waals surface area contributed by atoms with E-state index in [2.05, 4.69) is 60.7 Å². The van der Waals surface area contributed by atoms with Crippen LogP contribution in [0.5, 0.6) is 0 Å². The van der Waals surface area contributed by atoms with Gasteiger partial charge in [0.1, 0.15) is 0 Å². The highest BCUT2D eigenvalue weighted by Crippen LogP contribution is 2.06. The van der Waals surface area contributed by atoms with Gasteiger partial charge in [0, 0.05) is 0 Å². The Morgan fingerprint density at radius 2 is 0.875 bits per heavy atom. The fourth-order valence-electron chi connectivity index (χ4n) is 1.58. The molecule has 84 valence electrons. The Hall–Kier alpha value is -0.738. The summed E-state index contributed by atoms with van der Waals surface area (Å²) >= 11 is 0. The van der Waals surface area contributed by atoms with Crippen LogP contribution in [0.15, 0.2) is 60.7 Å². The van der Waals surface area contributed by atoms with Gasteiger partial charge in [0.15, 0.2) is 17.4 Å². The van der Waals surface area contributed by atoms with E-state index in [9.17, 15) is 0 Å². The molecule has 0 saturated heterocycles. The second-order valence-corrected chi connectivity index (χ2v) is 3.47. The molecule has 0 unspecified atom stereocenters. The van der Waals surface area contributed by atoms with Crippen LogP contribution in [0.25, 0.3) is 0 Å². The molecule has 2 heteroatoms. The van der Waals surface area contributed by atoms with E-state index < -0.39 is 0 Å². The third-order valence-corrected chi connectivity index (χ3v) is 2.39. The van der Waals surface area contributed by atoms with Crippen LogP contribution in [0.4, 0.5) is 0 Å². The van der Waals surface area contributed by atoms with Gasteiger partial charge in [-0.1, -0.05) is 60.7 Å². The van der Waals surface area contributed by atoms with E-state index in [1.807, 2.05) is 0 Å². The first-order valence-corrected chi connectivity index (χ1v) is 5.03. The Kier molecular flexibility index (Phi) is 8.03. The van der Waals surface area contributed by atoms with E-state index in [0.717, 1.165) is 12.8 Å². The lowest BCUT2D eigenvalue weighted by molar-refractivity contribution is 0.960. The first kappa shape index (κ1) is 15.3. The second-order valence-electron chi connectivity index (χ2n) is 3.47. The molecule has 0 aromatic heterocycles. The number of benzene rings is 2. The van der Waals surface area contributed by atoms with Crippen molar-refractivity contribution in [2.45, 2.75) is 12.8 Å². The molecule has 2 aromatic rings. The molecule has 2 rings (SSSR count). The quantitative estimate of drug-likeness (QED) is 0.733. The van der Waals surface area contributed by atoms with Crippen LogP contribution in [0.1, 0.15) is 11.1 Å². The van der Waals surface area contributed by atoms with Gasteiger partial charge < -0.3 is 0 Å². The van der Waals surface area contributed by atoms with Crippen LogP contribution in [-0.2, 0) is 12.8 Å². The van der Waals surface area contributed by atoms with E-state index >= 15 is 0 Å². The fourth-order valence-corrected chi connectivity index (χ4v) is 1.58. The summed E-state index contributed by atoms with van der Waals surface area (Å²) in [4.78, 5) is 0. The van der Waals surface area contributed by atoms with Crippen molar-refractivity contribution in [1.29, 1.82) is 0 Å². The van der Waals surface area contributed by atoms with Crippen molar-refractivity contribution in [1.82, 2.24) is 0 Å². The van der Waals surface area contributed by atoms with Gasteiger partial charge in [0.25, 0.3) is 0 Å². The van der Waals surface area contributed by atoms with Crippen molar-refractivity contribution < 1.29 is 0 Å². The van der Waals surface area contributed by atoms with E-state index in [1.54, 1.807) is 0 Å². The zero-order chi connectivity index (χ0) is 9.64. The van der Waals surface area contributed by atoms with Crippen molar-refractivity contribution in [2.75, 3.05) is 0 Å². The fraction of sp³-hybridized carbons (Fsp3) is 0.143. The summed E-state index contributed by atoms with van der Waals surface area (Å²) in [6.45, 7) is 0. The summed E-state index contributed by atoms with van der Waals surface area (Å²) < 4.78 is 0. The van der Waals surface area contributed by atoms with Crippen molar-refractivity contribution in [2.24, 2.45) is 0 Å². The number of aryl methyl sites for hydroxylation is 2. The highest BCUT2D eigenvalue weighted by molar-refractivity contribution is 5.85. The molecule has 0 aliphatic heterocycles. The Morgan fingerprint density at radius 1 is 0.562 bits per heavy atom. The molecule has 2 aromatic carbocycles. The Bertz CT molecular complexity index is 333. The average Bonchev–Trinajstić information content (AvgIpc) is 2.29. The van der Waals surface area contributed by atoms with Gasteiger partial charge in [0.05, 0.1) is 0 Å². The van der Waals surface area contributed by atoms with Gasteiger partial charge in [-0.25, -0.2) is 0 Å². The third kappa shape index (κ3) is 4.86. The largest absolute Gasteiger partial charge is 0.187 e. The molecule has 16 heavy (non-hydrogen) atoms. The minimum atomic E-state index is 0. The maximum Gasteiger partial charge on any atom is 0.187 e. The molecule has 0 heterocycles. The maximum absolute atomic E-state index is 2.18. The standard InChI is InChI=1S/C14H14.Al.ClH.3H/c1-3-7-13(8-4-1)11-12-14-9-5-2-6-10-14;;;;;/h1-10H,11-12H2;;1H;;;. The summed E-state index contributed by atoms with van der Waals surface area (Å²) in [5.74, 6) is 0. The Labute approximate surface area is 114 Å². The van der Waals surface area contributed by atoms with Crippen LogP contribution in [0.2, 0.25) is 0 Å². The third-order valence-electron chi connectivity index (χ3n) is 2.39. The summed E-state index contributed by atoms with van der Waals surface area (Å²) in [6.07, 6.45) is 2.26. The molecule has 0 bridgehead atoms. The van der Waals surface area contributed by atoms with Crippen LogP contribution in [-0.4, -0.2) is 17.4 Å². The molecule has 0 nitrogen and oxygen atoms in total. The molecule has 0 aliphatic carbocycles. The first-order valence-electron chi connectivity index (χ1n) is 5.03. The van der Waals surface area contributed by atoms with Crippen LogP contribution in [0, 0.1) is 0 Å². The molecule has 0 atom stereocenters. The SMILES string of the molecule is Cl.[AlH3].c1ccc(CCc2ccccc2)cc1. The second kappa shape index (κ2) is 8.42. The predicted molar refractivity (Wildman–Crippen MR) is 77.5 cm³/mol. The summed E-state index contributed by atoms with van der Waals surface area (Å²) in [6, 6.07) is 21.2. The van der Waals surface area contributed by atoms with Crippen molar-refractivity contribution in [3.8, 4) is 0 Å². The molecule has 0 saturated carbocycles. The molecule has 0 fully saturated rings.